The molecule has 0 amide bonds. The first-order chi connectivity index (χ1) is 24.4. The predicted octanol–water partition coefficient (Wildman–Crippen LogP) is 6.10. The second-order valence-electron chi connectivity index (χ2n) is 18.7. The molecule has 0 aromatic rings. The number of carbonyl (C=O) groups is 1. The molecule has 11 nitrogen and oxygen atoms in total. The molecule has 0 saturated carbocycles. The van der Waals surface area contributed by atoms with Gasteiger partial charge in [-0.15, -0.1) is 0 Å². The molecular formula is C41H70O11. The van der Waals surface area contributed by atoms with E-state index in [1.165, 1.54) is 0 Å². The molecule has 1 spiro atoms. The molecule has 6 heterocycles. The highest BCUT2D eigenvalue weighted by Crippen LogP contribution is 2.57. The van der Waals surface area contributed by atoms with Crippen LogP contribution in [0.1, 0.15) is 127 Å². The van der Waals surface area contributed by atoms with Gasteiger partial charge < -0.3 is 48.5 Å². The summed E-state index contributed by atoms with van der Waals surface area (Å²) in [4.78, 5) is 11.8. The van der Waals surface area contributed by atoms with Gasteiger partial charge in [-0.1, -0.05) is 41.5 Å². The summed E-state index contributed by atoms with van der Waals surface area (Å²) in [6.07, 6.45) is 7.22. The summed E-state index contributed by atoms with van der Waals surface area (Å²) in [5.74, 6) is -3.09. The van der Waals surface area contributed by atoms with E-state index < -0.39 is 41.3 Å². The van der Waals surface area contributed by atoms with Crippen LogP contribution in [0.3, 0.4) is 0 Å². The maximum Gasteiger partial charge on any atom is 0.308 e. The van der Waals surface area contributed by atoms with E-state index in [2.05, 4.69) is 48.5 Å². The Morgan fingerprint density at radius 2 is 1.56 bits per heavy atom. The number of aliphatic hydroxyl groups is 2. The summed E-state index contributed by atoms with van der Waals surface area (Å²) in [5, 5.41) is 30.6. The lowest BCUT2D eigenvalue weighted by Crippen LogP contribution is -2.58. The van der Waals surface area contributed by atoms with Crippen molar-refractivity contribution in [3.8, 4) is 0 Å². The van der Waals surface area contributed by atoms with Gasteiger partial charge in [0.15, 0.2) is 11.6 Å². The van der Waals surface area contributed by atoms with E-state index in [0.29, 0.717) is 0 Å². The smallest absolute Gasteiger partial charge is 0.308 e. The fraction of sp³-hybridized carbons (Fsp3) is 0.976. The quantitative estimate of drug-likeness (QED) is 0.240. The number of aliphatic hydroxyl groups excluding tert-OH is 1. The van der Waals surface area contributed by atoms with Gasteiger partial charge in [-0.3, -0.25) is 4.79 Å². The van der Waals surface area contributed by atoms with Crippen molar-refractivity contribution in [1.82, 2.24) is 0 Å². The minimum atomic E-state index is -1.55. The molecule has 52 heavy (non-hydrogen) atoms. The molecule has 11 heteroatoms. The normalized spacial score (nSPS) is 53.4. The number of rotatable bonds is 10. The van der Waals surface area contributed by atoms with Gasteiger partial charge >= 0.3 is 5.97 Å². The van der Waals surface area contributed by atoms with Crippen molar-refractivity contribution in [2.75, 3.05) is 13.7 Å². The molecule has 0 aromatic carbocycles. The zero-order valence-electron chi connectivity index (χ0n) is 33.5. The Morgan fingerprint density at radius 3 is 2.23 bits per heavy atom. The molecule has 0 bridgehead atoms. The molecule has 6 rings (SSSR count). The largest absolute Gasteiger partial charge is 0.481 e. The molecular weight excluding hydrogens is 668 g/mol. The number of aliphatic carboxylic acids is 1. The average molecular weight is 739 g/mol. The molecule has 6 aliphatic heterocycles. The van der Waals surface area contributed by atoms with Crippen LogP contribution in [0.25, 0.3) is 0 Å². The highest BCUT2D eigenvalue weighted by atomic mass is 16.7. The van der Waals surface area contributed by atoms with Crippen molar-refractivity contribution in [2.45, 2.75) is 198 Å². The summed E-state index contributed by atoms with van der Waals surface area (Å²) in [6.45, 7) is 18.5. The Labute approximate surface area is 312 Å². The van der Waals surface area contributed by atoms with Crippen molar-refractivity contribution >= 4 is 5.97 Å². The van der Waals surface area contributed by atoms with Crippen molar-refractivity contribution < 1.29 is 53.3 Å². The van der Waals surface area contributed by atoms with Crippen molar-refractivity contribution in [3.05, 3.63) is 0 Å². The lowest BCUT2D eigenvalue weighted by molar-refractivity contribution is -0.351. The number of hydrogen-bond acceptors (Lipinski definition) is 10. The number of ether oxygens (including phenoxy) is 7. The van der Waals surface area contributed by atoms with Crippen LogP contribution in [0.2, 0.25) is 0 Å². The zero-order chi connectivity index (χ0) is 38.0. The molecule has 6 fully saturated rings. The summed E-state index contributed by atoms with van der Waals surface area (Å²) in [6, 6.07) is 0. The molecule has 6 aliphatic rings. The summed E-state index contributed by atoms with van der Waals surface area (Å²) in [5.41, 5.74) is -1.07. The maximum absolute atomic E-state index is 11.8. The van der Waals surface area contributed by atoms with Crippen molar-refractivity contribution in [2.24, 2.45) is 41.4 Å². The molecule has 0 aromatic heterocycles. The summed E-state index contributed by atoms with van der Waals surface area (Å²) in [7, 11) is 1.78. The second kappa shape index (κ2) is 15.2. The number of methoxy groups -OCH3 is 1. The van der Waals surface area contributed by atoms with Crippen LogP contribution < -0.4 is 0 Å². The Morgan fingerprint density at radius 1 is 0.846 bits per heavy atom. The van der Waals surface area contributed by atoms with Gasteiger partial charge in [0.05, 0.1) is 72.6 Å². The zero-order valence-corrected chi connectivity index (χ0v) is 33.5. The minimum Gasteiger partial charge on any atom is -0.481 e. The van der Waals surface area contributed by atoms with Gasteiger partial charge in [0.1, 0.15) is 0 Å². The maximum atomic E-state index is 11.8. The number of carboxylic acids is 1. The van der Waals surface area contributed by atoms with Crippen LogP contribution in [0.5, 0.6) is 0 Å². The van der Waals surface area contributed by atoms with Crippen LogP contribution in [0.15, 0.2) is 0 Å². The van der Waals surface area contributed by atoms with Crippen LogP contribution in [0, 0.1) is 41.4 Å². The van der Waals surface area contributed by atoms with Crippen LogP contribution in [0.4, 0.5) is 0 Å². The Hall–Kier alpha value is -0.890. The fourth-order valence-corrected chi connectivity index (χ4v) is 11.4. The van der Waals surface area contributed by atoms with Crippen LogP contribution in [-0.2, 0) is 38.0 Å². The van der Waals surface area contributed by atoms with E-state index in [9.17, 15) is 20.1 Å². The van der Waals surface area contributed by atoms with Crippen LogP contribution >= 0.6 is 0 Å². The van der Waals surface area contributed by atoms with Crippen molar-refractivity contribution in [3.63, 3.8) is 0 Å². The van der Waals surface area contributed by atoms with E-state index in [-0.39, 0.29) is 84.3 Å². The summed E-state index contributed by atoms with van der Waals surface area (Å²) < 4.78 is 47.0. The first kappa shape index (κ1) is 40.8. The topological polar surface area (TPSA) is 142 Å². The molecule has 0 aliphatic carbocycles. The monoisotopic (exact) mass is 738 g/mol. The van der Waals surface area contributed by atoms with E-state index in [0.717, 1.165) is 64.2 Å². The molecule has 19 atom stereocenters. The number of carboxylic acid groups (broad SMARTS) is 1. The third kappa shape index (κ3) is 7.38. The molecule has 300 valence electrons. The van der Waals surface area contributed by atoms with Gasteiger partial charge in [0, 0.05) is 31.3 Å². The Kier molecular flexibility index (Phi) is 11.9. The Bertz CT molecular complexity index is 1250. The van der Waals surface area contributed by atoms with E-state index in [1.54, 1.807) is 14.0 Å². The van der Waals surface area contributed by atoms with Crippen molar-refractivity contribution in [1.29, 1.82) is 0 Å². The van der Waals surface area contributed by atoms with Gasteiger partial charge in [0.25, 0.3) is 0 Å². The first-order valence-electron chi connectivity index (χ1n) is 20.5. The molecule has 3 N–H and O–H groups in total. The van der Waals surface area contributed by atoms with Gasteiger partial charge in [-0.2, -0.15) is 0 Å². The molecule has 0 radical (unpaired) electrons. The molecule has 6 saturated heterocycles. The third-order valence-electron chi connectivity index (χ3n) is 14.7. The fourth-order valence-electron chi connectivity index (χ4n) is 11.4. The van der Waals surface area contributed by atoms with Gasteiger partial charge in [-0.25, -0.2) is 0 Å². The average Bonchev–Trinajstić information content (AvgIpc) is 3.77. The third-order valence-corrected chi connectivity index (χ3v) is 14.7. The summed E-state index contributed by atoms with van der Waals surface area (Å²) >= 11 is 0. The highest BCUT2D eigenvalue weighted by Gasteiger charge is 2.65. The lowest BCUT2D eigenvalue weighted by Gasteiger charge is -2.50. The van der Waals surface area contributed by atoms with Gasteiger partial charge in [-0.05, 0) is 96.3 Å². The highest BCUT2D eigenvalue weighted by molar-refractivity contribution is 5.70. The lowest BCUT2D eigenvalue weighted by atomic mass is 9.78. The Balaban J connectivity index is 1.11. The number of hydrogen-bond donors (Lipinski definition) is 3. The van der Waals surface area contributed by atoms with E-state index >= 15 is 0 Å². The van der Waals surface area contributed by atoms with Gasteiger partial charge in [0.2, 0.25) is 0 Å². The SMILES string of the molecule is COC1CC(CCC2CCC(C)C(C(C)C(=O)O)O2)OC2(OC(C)(C3CCC(C)(C4OC(C5OC(O)(CO)C(C)CC5C)CC4C)O3)CC2C)C1C. The van der Waals surface area contributed by atoms with Crippen LogP contribution in [-0.4, -0.2) is 107 Å². The standard InChI is InChI=1S/C41H70O11/c1-22-11-12-29(47-34(22)27(6)37(43)44)13-14-30-19-31(46-10)28(7)41(49-30)26(5)20-39(9,52-41)33-15-16-38(8,50-33)36-24(3)18-32(48-36)35-23(2)17-25(4)40(45,21-42)51-35/h22-36,42,45H,11-21H2,1-10H3,(H,43,44). The minimum absolute atomic E-state index is 0.0109. The van der Waals surface area contributed by atoms with E-state index in [1.807, 2.05) is 6.92 Å². The second-order valence-corrected chi connectivity index (χ2v) is 18.7. The molecule has 19 unspecified atom stereocenters. The predicted molar refractivity (Wildman–Crippen MR) is 193 cm³/mol. The van der Waals surface area contributed by atoms with E-state index in [4.69, 9.17) is 33.2 Å². The first-order valence-corrected chi connectivity index (χ1v) is 20.5.